The molecule has 0 aliphatic heterocycles. The summed E-state index contributed by atoms with van der Waals surface area (Å²) in [5.74, 6) is 0. The summed E-state index contributed by atoms with van der Waals surface area (Å²) in [7, 11) is 1.43. The molecule has 0 saturated heterocycles. The van der Waals surface area contributed by atoms with Gasteiger partial charge in [-0.25, -0.2) is 8.42 Å². The smallest absolute Gasteiger partial charge is 0.261 e. The van der Waals surface area contributed by atoms with Crippen molar-refractivity contribution in [2.45, 2.75) is 4.90 Å². The van der Waals surface area contributed by atoms with E-state index in [1.165, 1.54) is 24.3 Å². The Morgan fingerprint density at radius 3 is 1.83 bits per heavy atom. The number of hydrogen-bond donors (Lipinski definition) is 0. The molecule has 0 unspecified atom stereocenters. The number of halogens is 2. The summed E-state index contributed by atoms with van der Waals surface area (Å²) in [5, 5.41) is 0.481. The second kappa shape index (κ2) is 4.09. The van der Waals surface area contributed by atoms with Gasteiger partial charge in [0.05, 0.1) is 4.90 Å². The Morgan fingerprint density at radius 1 is 1.08 bits per heavy atom. The van der Waals surface area contributed by atoms with Crippen LogP contribution in [-0.4, -0.2) is 13.9 Å². The molecule has 68 valence electrons. The zero-order valence-corrected chi connectivity index (χ0v) is 8.12. The summed E-state index contributed by atoms with van der Waals surface area (Å²) < 4.78 is 21.3. The minimum absolute atomic E-state index is 0. The van der Waals surface area contributed by atoms with Crippen LogP contribution in [0.4, 0.5) is 0 Å². The van der Waals surface area contributed by atoms with Crippen LogP contribution < -0.4 is 0 Å². The van der Waals surface area contributed by atoms with Gasteiger partial charge < -0.3 is 5.48 Å². The maximum atomic E-state index is 10.7. The van der Waals surface area contributed by atoms with Gasteiger partial charge in [-0.3, -0.25) is 0 Å². The van der Waals surface area contributed by atoms with Gasteiger partial charge in [0.1, 0.15) is 0 Å². The number of hydrogen-bond acceptors (Lipinski definition) is 2. The molecule has 1 aromatic rings. The van der Waals surface area contributed by atoms with Crippen LogP contribution in [0.15, 0.2) is 29.2 Å². The minimum Gasteiger partial charge on any atom is -0.412 e. The lowest BCUT2D eigenvalue weighted by Crippen LogP contribution is -1.88. The fourth-order valence-corrected chi connectivity index (χ4v) is 1.49. The maximum Gasteiger partial charge on any atom is 0.261 e. The van der Waals surface area contributed by atoms with Crippen molar-refractivity contribution in [2.75, 3.05) is 0 Å². The highest BCUT2D eigenvalue weighted by atomic mass is 35.7. The molecule has 0 radical (unpaired) electrons. The van der Waals surface area contributed by atoms with Crippen molar-refractivity contribution < 1.29 is 13.9 Å². The zero-order valence-electron chi connectivity index (χ0n) is 5.79. The number of benzene rings is 1. The molecule has 2 N–H and O–H groups in total. The highest BCUT2D eigenvalue weighted by Crippen LogP contribution is 2.17. The van der Waals surface area contributed by atoms with Gasteiger partial charge in [-0.2, -0.15) is 0 Å². The molecule has 0 fully saturated rings. The van der Waals surface area contributed by atoms with Crippen molar-refractivity contribution in [1.82, 2.24) is 0 Å². The van der Waals surface area contributed by atoms with Crippen molar-refractivity contribution in [1.29, 1.82) is 0 Å². The molecule has 0 aliphatic rings. The van der Waals surface area contributed by atoms with E-state index in [0.29, 0.717) is 5.02 Å². The van der Waals surface area contributed by atoms with E-state index < -0.39 is 9.05 Å². The quantitative estimate of drug-likeness (QED) is 0.684. The van der Waals surface area contributed by atoms with E-state index in [2.05, 4.69) is 0 Å². The monoisotopic (exact) mass is 228 g/mol. The molecule has 0 aromatic heterocycles. The van der Waals surface area contributed by atoms with Gasteiger partial charge in [-0.15, -0.1) is 0 Å². The maximum absolute atomic E-state index is 10.7. The standard InChI is InChI=1S/C6H4Cl2O2S.H2O/c7-5-1-3-6(4-2-5)11(8,9)10;/h1-4H;1H2. The van der Waals surface area contributed by atoms with Crippen molar-refractivity contribution in [3.63, 3.8) is 0 Å². The van der Waals surface area contributed by atoms with Crippen LogP contribution >= 0.6 is 22.3 Å². The molecule has 0 amide bonds. The molecule has 1 rings (SSSR count). The molecular formula is C6H6Cl2O3S. The molecule has 0 atom stereocenters. The lowest BCUT2D eigenvalue weighted by atomic mass is 10.4. The Bertz CT molecular complexity index is 344. The average molecular weight is 229 g/mol. The molecule has 6 heteroatoms. The third-order valence-corrected chi connectivity index (χ3v) is 2.72. The summed E-state index contributed by atoms with van der Waals surface area (Å²) in [6, 6.07) is 5.64. The molecule has 0 aliphatic carbocycles. The largest absolute Gasteiger partial charge is 0.412 e. The summed E-state index contributed by atoms with van der Waals surface area (Å²) >= 11 is 5.52. The predicted molar refractivity (Wildman–Crippen MR) is 48.1 cm³/mol. The van der Waals surface area contributed by atoms with E-state index in [1.54, 1.807) is 0 Å². The first-order chi connectivity index (χ1) is 5.00. The molecule has 12 heavy (non-hydrogen) atoms. The van der Waals surface area contributed by atoms with Crippen molar-refractivity contribution in [3.05, 3.63) is 29.3 Å². The zero-order chi connectivity index (χ0) is 8.48. The summed E-state index contributed by atoms with van der Waals surface area (Å²) in [5.41, 5.74) is 0. The van der Waals surface area contributed by atoms with E-state index in [9.17, 15) is 8.42 Å². The van der Waals surface area contributed by atoms with E-state index in [4.69, 9.17) is 22.3 Å². The van der Waals surface area contributed by atoms with Crippen LogP contribution in [0.5, 0.6) is 0 Å². The second-order valence-corrected chi connectivity index (χ2v) is 4.89. The van der Waals surface area contributed by atoms with Crippen molar-refractivity contribution in [2.24, 2.45) is 0 Å². The lowest BCUT2D eigenvalue weighted by molar-refractivity contribution is 0.609. The Labute approximate surface area is 79.6 Å². The molecule has 0 heterocycles. The van der Waals surface area contributed by atoms with Gasteiger partial charge in [0.15, 0.2) is 0 Å². The Balaban J connectivity index is 0.00000121. The second-order valence-electron chi connectivity index (χ2n) is 1.89. The highest BCUT2D eigenvalue weighted by molar-refractivity contribution is 8.13. The Hall–Kier alpha value is -0.290. The van der Waals surface area contributed by atoms with Gasteiger partial charge in [0, 0.05) is 15.7 Å². The first-order valence-corrected chi connectivity index (χ1v) is 5.39. The fourth-order valence-electron chi connectivity index (χ4n) is 0.597. The first kappa shape index (κ1) is 11.7. The van der Waals surface area contributed by atoms with Crippen LogP contribution in [0.25, 0.3) is 0 Å². The average Bonchev–Trinajstić information content (AvgIpc) is 1.86. The van der Waals surface area contributed by atoms with E-state index in [1.807, 2.05) is 0 Å². The fraction of sp³-hybridized carbons (Fsp3) is 0. The van der Waals surface area contributed by atoms with Gasteiger partial charge in [0.2, 0.25) is 0 Å². The van der Waals surface area contributed by atoms with Crippen LogP contribution in [0.2, 0.25) is 5.02 Å². The topological polar surface area (TPSA) is 65.6 Å². The molecular weight excluding hydrogens is 223 g/mol. The van der Waals surface area contributed by atoms with Crippen LogP contribution in [-0.2, 0) is 9.05 Å². The molecule has 0 bridgehead atoms. The van der Waals surface area contributed by atoms with Crippen molar-refractivity contribution >= 4 is 31.3 Å². The minimum atomic E-state index is -3.61. The molecule has 0 saturated carbocycles. The van der Waals surface area contributed by atoms with Crippen molar-refractivity contribution in [3.8, 4) is 0 Å². The van der Waals surface area contributed by atoms with Crippen LogP contribution in [0, 0.1) is 0 Å². The first-order valence-electron chi connectivity index (χ1n) is 2.70. The Morgan fingerprint density at radius 2 is 1.50 bits per heavy atom. The third-order valence-electron chi connectivity index (χ3n) is 1.10. The summed E-state index contributed by atoms with van der Waals surface area (Å²) in [4.78, 5) is 0.0589. The molecule has 0 spiro atoms. The van der Waals surface area contributed by atoms with Crippen LogP contribution in [0.3, 0.4) is 0 Å². The SMILES string of the molecule is O.O=S(=O)(Cl)c1ccc(Cl)cc1. The number of rotatable bonds is 1. The van der Waals surface area contributed by atoms with E-state index in [-0.39, 0.29) is 10.4 Å². The Kier molecular flexibility index (Phi) is 3.99. The van der Waals surface area contributed by atoms with Gasteiger partial charge in [-0.1, -0.05) is 11.6 Å². The molecule has 3 nitrogen and oxygen atoms in total. The third kappa shape index (κ3) is 2.98. The van der Waals surface area contributed by atoms with Gasteiger partial charge in [0.25, 0.3) is 9.05 Å². The van der Waals surface area contributed by atoms with E-state index in [0.717, 1.165) is 0 Å². The van der Waals surface area contributed by atoms with Crippen LogP contribution in [0.1, 0.15) is 0 Å². The normalized spacial score (nSPS) is 10.5. The molecule has 1 aromatic carbocycles. The summed E-state index contributed by atoms with van der Waals surface area (Å²) in [6.07, 6.45) is 0. The van der Waals surface area contributed by atoms with E-state index >= 15 is 0 Å². The highest BCUT2D eigenvalue weighted by Gasteiger charge is 2.07. The van der Waals surface area contributed by atoms with Gasteiger partial charge >= 0.3 is 0 Å². The predicted octanol–water partition coefficient (Wildman–Crippen LogP) is 1.44. The summed E-state index contributed by atoms with van der Waals surface area (Å²) in [6.45, 7) is 0. The lowest BCUT2D eigenvalue weighted by Gasteiger charge is -1.93. The van der Waals surface area contributed by atoms with Gasteiger partial charge in [-0.05, 0) is 24.3 Å².